The molecule has 0 spiro atoms. The van der Waals surface area contributed by atoms with Crippen LogP contribution in [0.2, 0.25) is 0 Å². The van der Waals surface area contributed by atoms with E-state index in [-0.39, 0.29) is 0 Å². The first-order chi connectivity index (χ1) is 11.6. The normalized spacial score (nSPS) is 15.9. The van der Waals surface area contributed by atoms with Crippen LogP contribution < -0.4 is 26.0 Å². The van der Waals surface area contributed by atoms with E-state index < -0.39 is 0 Å². The van der Waals surface area contributed by atoms with E-state index in [1.807, 2.05) is 24.3 Å². The van der Waals surface area contributed by atoms with Crippen LogP contribution in [0.3, 0.4) is 0 Å². The van der Waals surface area contributed by atoms with Gasteiger partial charge >= 0.3 is 0 Å². The van der Waals surface area contributed by atoms with E-state index in [1.165, 1.54) is 5.56 Å². The van der Waals surface area contributed by atoms with Crippen molar-refractivity contribution in [2.75, 3.05) is 7.11 Å². The highest BCUT2D eigenvalue weighted by Gasteiger charge is 2.06. The largest absolute Gasteiger partial charge is 0.494 e. The molecule has 2 N–H and O–H groups in total. The molecule has 120 valence electrons. The zero-order valence-corrected chi connectivity index (χ0v) is 14.0. The predicted molar refractivity (Wildman–Crippen MR) is 95.5 cm³/mol. The fourth-order valence-corrected chi connectivity index (χ4v) is 3.07. The monoisotopic (exact) mass is 317 g/mol. The number of nitrogens with one attached hydrogen (secondary N) is 2. The van der Waals surface area contributed by atoms with Crippen molar-refractivity contribution in [3.63, 3.8) is 0 Å². The second-order valence-electron chi connectivity index (χ2n) is 6.06. The van der Waals surface area contributed by atoms with Crippen LogP contribution in [-0.2, 0) is 0 Å². The molecule has 0 atom stereocenters. The number of hydrogen-bond acceptors (Lipinski definition) is 2. The maximum atomic E-state index is 5.54. The van der Waals surface area contributed by atoms with Gasteiger partial charge in [0.1, 0.15) is 5.75 Å². The van der Waals surface area contributed by atoms with Crippen molar-refractivity contribution in [2.45, 2.75) is 13.8 Å². The predicted octanol–water partition coefficient (Wildman–Crippen LogP) is 1.02. The van der Waals surface area contributed by atoms with E-state index in [0.717, 1.165) is 44.1 Å². The lowest BCUT2D eigenvalue weighted by atomic mass is 10.2. The molecule has 2 aromatic heterocycles. The molecule has 1 aromatic carbocycles. The molecule has 0 radical (unpaired) electrons. The minimum atomic E-state index is 0.809. The topological polar surface area (TPSA) is 53.2 Å². The van der Waals surface area contributed by atoms with Crippen molar-refractivity contribution in [2.24, 2.45) is 4.99 Å². The maximum absolute atomic E-state index is 5.54. The Morgan fingerprint density at radius 1 is 1.08 bits per heavy atom. The highest BCUT2D eigenvalue weighted by atomic mass is 16.5. The molecule has 0 saturated heterocycles. The molecular formula is C20H19N3O. The van der Waals surface area contributed by atoms with Gasteiger partial charge in [-0.15, -0.1) is 0 Å². The number of aromatic nitrogens is 2. The lowest BCUT2D eigenvalue weighted by Gasteiger charge is -1.94. The van der Waals surface area contributed by atoms with Crippen LogP contribution in [-0.4, -0.2) is 17.1 Å². The summed E-state index contributed by atoms with van der Waals surface area (Å²) in [6.07, 6.45) is 4.17. The van der Waals surface area contributed by atoms with Gasteiger partial charge in [0.2, 0.25) is 0 Å². The summed E-state index contributed by atoms with van der Waals surface area (Å²) in [5.74, 6) is 0.809. The van der Waals surface area contributed by atoms with Gasteiger partial charge in [0.15, 0.2) is 0 Å². The average molecular weight is 317 g/mol. The number of aromatic amines is 2. The summed E-state index contributed by atoms with van der Waals surface area (Å²) < 4.78 is 5.54. The van der Waals surface area contributed by atoms with Crippen LogP contribution in [0, 0.1) is 13.8 Å². The fraction of sp³-hybridized carbons (Fsp3) is 0.150. The van der Waals surface area contributed by atoms with Gasteiger partial charge in [-0.1, -0.05) is 18.2 Å². The van der Waals surface area contributed by atoms with Gasteiger partial charge in [-0.05, 0) is 43.7 Å². The van der Waals surface area contributed by atoms with Crippen LogP contribution in [0.4, 0.5) is 0 Å². The first-order valence-electron chi connectivity index (χ1n) is 7.95. The summed E-state index contributed by atoms with van der Waals surface area (Å²) in [6, 6.07) is 12.3. The van der Waals surface area contributed by atoms with E-state index >= 15 is 0 Å². The summed E-state index contributed by atoms with van der Waals surface area (Å²) in [5.41, 5.74) is 4.37. The van der Waals surface area contributed by atoms with Crippen molar-refractivity contribution < 1.29 is 4.74 Å². The fourth-order valence-electron chi connectivity index (χ4n) is 3.07. The summed E-state index contributed by atoms with van der Waals surface area (Å²) in [4.78, 5) is 11.5. The van der Waals surface area contributed by atoms with Gasteiger partial charge < -0.3 is 14.7 Å². The molecule has 0 bridgehead atoms. The standard InChI is InChI=1S/C20H19N3O/c1-12-8-13(2)21-16(12)10-19-20(24-3)11-18(23-19)17-9-14-6-4-5-7-15(14)22-17/h4-11,21,23H,1-3H3/b18-17+,19-10-. The van der Waals surface area contributed by atoms with E-state index in [2.05, 4.69) is 48.1 Å². The molecule has 4 nitrogen and oxygen atoms in total. The molecule has 0 unspecified atom stereocenters. The molecule has 0 aliphatic carbocycles. The van der Waals surface area contributed by atoms with E-state index in [4.69, 9.17) is 9.73 Å². The first-order valence-corrected chi connectivity index (χ1v) is 7.95. The van der Waals surface area contributed by atoms with Crippen LogP contribution >= 0.6 is 0 Å². The number of aryl methyl sites for hydroxylation is 2. The highest BCUT2D eigenvalue weighted by molar-refractivity contribution is 5.76. The molecule has 0 saturated carbocycles. The van der Waals surface area contributed by atoms with Crippen molar-refractivity contribution >= 4 is 17.8 Å². The van der Waals surface area contributed by atoms with Gasteiger partial charge in [0, 0.05) is 22.7 Å². The Hall–Kier alpha value is -3.01. The first kappa shape index (κ1) is 14.6. The Morgan fingerprint density at radius 2 is 1.92 bits per heavy atom. The molecule has 0 amide bonds. The van der Waals surface area contributed by atoms with Crippen molar-refractivity contribution in [1.29, 1.82) is 0 Å². The third-order valence-electron chi connectivity index (χ3n) is 4.25. The number of ether oxygens (including phenoxy) is 1. The van der Waals surface area contributed by atoms with Crippen LogP contribution in [0.5, 0.6) is 5.75 Å². The van der Waals surface area contributed by atoms with Crippen molar-refractivity contribution in [3.8, 4) is 5.75 Å². The molecule has 3 heterocycles. The summed E-state index contributed by atoms with van der Waals surface area (Å²) >= 11 is 0. The van der Waals surface area contributed by atoms with Crippen LogP contribution in [0.1, 0.15) is 17.0 Å². The lowest BCUT2D eigenvalue weighted by molar-refractivity contribution is 0.412. The zero-order valence-electron chi connectivity index (χ0n) is 14.0. The molecule has 24 heavy (non-hydrogen) atoms. The average Bonchev–Trinajstić information content (AvgIpc) is 3.24. The van der Waals surface area contributed by atoms with Crippen molar-refractivity contribution in [1.82, 2.24) is 9.97 Å². The lowest BCUT2D eigenvalue weighted by Crippen LogP contribution is -2.19. The second kappa shape index (κ2) is 5.57. The zero-order chi connectivity index (χ0) is 16.7. The number of rotatable bonds is 2. The third-order valence-corrected chi connectivity index (χ3v) is 4.25. The second-order valence-corrected chi connectivity index (χ2v) is 6.06. The minimum absolute atomic E-state index is 0.809. The SMILES string of the molecule is COc1c/c(=C2/C=c3ccccc3=N2)[nH]/c1=C\c1[nH]c(C)cc1C. The Labute approximate surface area is 139 Å². The molecule has 0 fully saturated rings. The van der Waals surface area contributed by atoms with E-state index in [9.17, 15) is 0 Å². The Kier molecular flexibility index (Phi) is 3.38. The number of fused-ring (bicyclic) bond motifs is 1. The van der Waals surface area contributed by atoms with Gasteiger partial charge in [-0.2, -0.15) is 0 Å². The molecule has 1 aliphatic heterocycles. The van der Waals surface area contributed by atoms with Gasteiger partial charge in [-0.3, -0.25) is 0 Å². The Balaban J connectivity index is 1.93. The summed E-state index contributed by atoms with van der Waals surface area (Å²) in [5, 5.41) is 4.03. The maximum Gasteiger partial charge on any atom is 0.144 e. The molecule has 3 aromatic rings. The third kappa shape index (κ3) is 2.46. The molecule has 1 aliphatic rings. The van der Waals surface area contributed by atoms with Crippen LogP contribution in [0.25, 0.3) is 17.8 Å². The van der Waals surface area contributed by atoms with Gasteiger partial charge in [0.25, 0.3) is 0 Å². The van der Waals surface area contributed by atoms with Crippen molar-refractivity contribution in [3.05, 3.63) is 74.6 Å². The molecule has 4 heteroatoms. The number of para-hydroxylation sites is 1. The van der Waals surface area contributed by atoms with Crippen LogP contribution in [0.15, 0.2) is 41.4 Å². The Bertz CT molecular complexity index is 1130. The quantitative estimate of drug-likeness (QED) is 0.728. The smallest absolute Gasteiger partial charge is 0.144 e. The number of nitrogens with zero attached hydrogens (tertiary/aromatic N) is 1. The van der Waals surface area contributed by atoms with Gasteiger partial charge in [0.05, 0.1) is 28.9 Å². The van der Waals surface area contributed by atoms with Gasteiger partial charge in [-0.25, -0.2) is 4.99 Å². The number of hydrogen-bond donors (Lipinski definition) is 2. The molecule has 4 rings (SSSR count). The van der Waals surface area contributed by atoms with E-state index in [1.54, 1.807) is 7.11 Å². The van der Waals surface area contributed by atoms with E-state index in [0.29, 0.717) is 0 Å². The summed E-state index contributed by atoms with van der Waals surface area (Å²) in [7, 11) is 1.69. The number of H-pyrrole nitrogens is 2. The Morgan fingerprint density at radius 3 is 2.62 bits per heavy atom. The summed E-state index contributed by atoms with van der Waals surface area (Å²) in [6.45, 7) is 4.15. The number of benzene rings is 1. The highest BCUT2D eigenvalue weighted by Crippen LogP contribution is 2.10. The number of methoxy groups -OCH3 is 1. The molecular weight excluding hydrogens is 298 g/mol. The minimum Gasteiger partial charge on any atom is -0.494 e.